The second kappa shape index (κ2) is 9.38. The summed E-state index contributed by atoms with van der Waals surface area (Å²) in [4.78, 5) is 41.2. The second-order valence-corrected chi connectivity index (χ2v) is 11.4. The van der Waals surface area contributed by atoms with E-state index in [1.807, 2.05) is 41.6 Å². The van der Waals surface area contributed by atoms with Gasteiger partial charge in [0, 0.05) is 54.7 Å². The topological polar surface area (TPSA) is 97.9 Å². The van der Waals surface area contributed by atoms with Crippen LogP contribution in [0, 0.1) is 0 Å². The third kappa shape index (κ3) is 4.57. The highest BCUT2D eigenvalue weighted by Crippen LogP contribution is 2.28. The van der Waals surface area contributed by atoms with E-state index in [0.29, 0.717) is 23.5 Å². The molecule has 1 N–H and O–H groups in total. The van der Waals surface area contributed by atoms with Gasteiger partial charge in [0.2, 0.25) is 11.9 Å². The first kappa shape index (κ1) is 25.6. The largest absolute Gasteiger partial charge is 0.336 e. The Kier molecular flexibility index (Phi) is 6.33. The molecule has 0 radical (unpaired) electrons. The number of pyridine rings is 1. The lowest BCUT2D eigenvalue weighted by Crippen LogP contribution is -2.41. The molecule has 0 bridgehead atoms. The highest BCUT2D eigenvalue weighted by molar-refractivity contribution is 5.77. The van der Waals surface area contributed by atoms with E-state index in [1.54, 1.807) is 24.0 Å². The van der Waals surface area contributed by atoms with Crippen molar-refractivity contribution in [2.45, 2.75) is 78.9 Å². The van der Waals surface area contributed by atoms with Crippen molar-refractivity contribution < 1.29 is 4.79 Å². The molecule has 4 aromatic rings. The van der Waals surface area contributed by atoms with Crippen LogP contribution in [0.25, 0.3) is 16.7 Å². The third-order valence-electron chi connectivity index (χ3n) is 7.12. The quantitative estimate of drug-likeness (QED) is 0.417. The van der Waals surface area contributed by atoms with Crippen LogP contribution >= 0.6 is 0 Å². The summed E-state index contributed by atoms with van der Waals surface area (Å²) in [6.45, 7) is 14.6. The number of anilines is 2. The average molecular weight is 514 g/mol. The molecule has 0 saturated carbocycles. The molecule has 9 nitrogen and oxygen atoms in total. The lowest BCUT2D eigenvalue weighted by atomic mass is 9.91. The SMILES string of the molecule is CC(=O)N1Cc2cc(Nc3ncc4c(=O)n(C(C)C)n(-c5ccnc(C(C)(C)C)c5)c4n3)ccc2CC1C. The van der Waals surface area contributed by atoms with Gasteiger partial charge in [0.1, 0.15) is 5.39 Å². The molecule has 0 spiro atoms. The molecule has 1 aliphatic rings. The van der Waals surface area contributed by atoms with E-state index >= 15 is 0 Å². The number of aromatic nitrogens is 5. The number of nitrogens with one attached hydrogen (secondary N) is 1. The molecule has 1 atom stereocenters. The Balaban J connectivity index is 1.57. The highest BCUT2D eigenvalue weighted by Gasteiger charge is 2.25. The molecule has 5 rings (SSSR count). The van der Waals surface area contributed by atoms with E-state index in [4.69, 9.17) is 4.98 Å². The number of hydrogen-bond acceptors (Lipinski definition) is 6. The Hall–Kier alpha value is -4.01. The molecule has 38 heavy (non-hydrogen) atoms. The van der Waals surface area contributed by atoms with Crippen molar-refractivity contribution in [2.75, 3.05) is 5.32 Å². The molecule has 1 aromatic carbocycles. The molecule has 4 heterocycles. The minimum atomic E-state index is -0.147. The maximum Gasteiger partial charge on any atom is 0.278 e. The van der Waals surface area contributed by atoms with Crippen LogP contribution < -0.4 is 10.9 Å². The van der Waals surface area contributed by atoms with Gasteiger partial charge in [0.15, 0.2) is 5.65 Å². The second-order valence-electron chi connectivity index (χ2n) is 11.4. The molecule has 1 aliphatic heterocycles. The summed E-state index contributed by atoms with van der Waals surface area (Å²) in [5.74, 6) is 0.471. The Morgan fingerprint density at radius 3 is 2.55 bits per heavy atom. The van der Waals surface area contributed by atoms with Gasteiger partial charge in [0.05, 0.1) is 5.69 Å². The summed E-state index contributed by atoms with van der Waals surface area (Å²) >= 11 is 0. The van der Waals surface area contributed by atoms with Crippen LogP contribution in [0.3, 0.4) is 0 Å². The van der Waals surface area contributed by atoms with Crippen molar-refractivity contribution in [3.05, 3.63) is 69.9 Å². The van der Waals surface area contributed by atoms with Gasteiger partial charge in [0.25, 0.3) is 5.56 Å². The Morgan fingerprint density at radius 2 is 1.87 bits per heavy atom. The molecule has 0 saturated heterocycles. The van der Waals surface area contributed by atoms with Gasteiger partial charge < -0.3 is 10.2 Å². The van der Waals surface area contributed by atoms with Crippen LogP contribution in [-0.4, -0.2) is 41.2 Å². The van der Waals surface area contributed by atoms with E-state index in [0.717, 1.165) is 29.1 Å². The van der Waals surface area contributed by atoms with Crippen molar-refractivity contribution in [2.24, 2.45) is 0 Å². The van der Waals surface area contributed by atoms with Crippen molar-refractivity contribution in [1.82, 2.24) is 29.2 Å². The fraction of sp³-hybridized carbons (Fsp3) is 0.414. The molecular weight excluding hydrogens is 478 g/mol. The number of hydrogen-bond donors (Lipinski definition) is 1. The van der Waals surface area contributed by atoms with Crippen LogP contribution in [0.4, 0.5) is 11.6 Å². The first-order valence-electron chi connectivity index (χ1n) is 13.1. The van der Waals surface area contributed by atoms with Gasteiger partial charge in [-0.1, -0.05) is 26.8 Å². The summed E-state index contributed by atoms with van der Waals surface area (Å²) in [5.41, 5.74) is 5.18. The zero-order valence-electron chi connectivity index (χ0n) is 23.1. The zero-order valence-corrected chi connectivity index (χ0v) is 23.1. The third-order valence-corrected chi connectivity index (χ3v) is 7.12. The Bertz CT molecular complexity index is 1590. The minimum Gasteiger partial charge on any atom is -0.336 e. The lowest BCUT2D eigenvalue weighted by molar-refractivity contribution is -0.131. The normalized spacial score (nSPS) is 15.7. The van der Waals surface area contributed by atoms with Gasteiger partial charge >= 0.3 is 0 Å². The Morgan fingerprint density at radius 1 is 1.11 bits per heavy atom. The molecule has 198 valence electrons. The van der Waals surface area contributed by atoms with Crippen molar-refractivity contribution in [3.8, 4) is 5.69 Å². The summed E-state index contributed by atoms with van der Waals surface area (Å²) in [5, 5.41) is 3.76. The first-order valence-corrected chi connectivity index (χ1v) is 13.1. The van der Waals surface area contributed by atoms with E-state index in [9.17, 15) is 9.59 Å². The van der Waals surface area contributed by atoms with Gasteiger partial charge in [-0.15, -0.1) is 0 Å². The molecule has 0 aliphatic carbocycles. The van der Waals surface area contributed by atoms with E-state index < -0.39 is 0 Å². The molecule has 1 unspecified atom stereocenters. The van der Waals surface area contributed by atoms with E-state index in [1.165, 1.54) is 5.56 Å². The summed E-state index contributed by atoms with van der Waals surface area (Å²) in [7, 11) is 0. The summed E-state index contributed by atoms with van der Waals surface area (Å²) < 4.78 is 3.58. The van der Waals surface area contributed by atoms with Gasteiger partial charge in [-0.05, 0) is 62.6 Å². The number of carbonyl (C=O) groups is 1. The van der Waals surface area contributed by atoms with Crippen molar-refractivity contribution in [1.29, 1.82) is 0 Å². The predicted molar refractivity (Wildman–Crippen MR) is 149 cm³/mol. The van der Waals surface area contributed by atoms with Gasteiger partial charge in [-0.2, -0.15) is 4.98 Å². The highest BCUT2D eigenvalue weighted by atomic mass is 16.2. The number of rotatable bonds is 4. The molecule has 0 fully saturated rings. The van der Waals surface area contributed by atoms with Crippen LogP contribution in [0.5, 0.6) is 0 Å². The lowest BCUT2D eigenvalue weighted by Gasteiger charge is -2.34. The molecule has 3 aromatic heterocycles. The van der Waals surface area contributed by atoms with E-state index in [-0.39, 0.29) is 29.0 Å². The zero-order chi connectivity index (χ0) is 27.4. The predicted octanol–water partition coefficient (Wildman–Crippen LogP) is 4.89. The van der Waals surface area contributed by atoms with Gasteiger partial charge in [-0.25, -0.2) is 14.3 Å². The number of amides is 1. The molecule has 1 amide bonds. The first-order chi connectivity index (χ1) is 17.9. The maximum absolute atomic E-state index is 13.4. The fourth-order valence-corrected chi connectivity index (χ4v) is 5.10. The van der Waals surface area contributed by atoms with Crippen LogP contribution in [0.15, 0.2) is 47.5 Å². The van der Waals surface area contributed by atoms with Crippen LogP contribution in [0.1, 0.15) is 71.3 Å². The van der Waals surface area contributed by atoms with Crippen molar-refractivity contribution in [3.63, 3.8) is 0 Å². The molecular formula is C29H35N7O2. The number of nitrogens with zero attached hydrogens (tertiary/aromatic N) is 6. The summed E-state index contributed by atoms with van der Waals surface area (Å²) in [6, 6.07) is 10.2. The maximum atomic E-state index is 13.4. The van der Waals surface area contributed by atoms with E-state index in [2.05, 4.69) is 55.1 Å². The Labute approximate surface area is 222 Å². The number of carbonyl (C=O) groups excluding carboxylic acids is 1. The number of benzene rings is 1. The summed E-state index contributed by atoms with van der Waals surface area (Å²) in [6.07, 6.45) is 4.19. The number of fused-ring (bicyclic) bond motifs is 2. The molecule has 9 heteroatoms. The monoisotopic (exact) mass is 513 g/mol. The smallest absolute Gasteiger partial charge is 0.278 e. The fourth-order valence-electron chi connectivity index (χ4n) is 5.10. The minimum absolute atomic E-state index is 0.0775. The van der Waals surface area contributed by atoms with Crippen molar-refractivity contribution >= 4 is 28.6 Å². The van der Waals surface area contributed by atoms with Crippen LogP contribution in [0.2, 0.25) is 0 Å². The average Bonchev–Trinajstić information content (AvgIpc) is 3.15. The standard InChI is InChI=1S/C29H35N7O2/c1-17(2)35-27(38)24-15-31-28(33-26(24)36(35)23-10-11-30-25(14-23)29(5,6)7)32-22-9-8-20-12-18(3)34(19(4)37)16-21(20)13-22/h8-11,13-15,17-18H,12,16H2,1-7H3,(H,31,32,33). The van der Waals surface area contributed by atoms with Gasteiger partial charge in [-0.3, -0.25) is 14.6 Å². The van der Waals surface area contributed by atoms with Crippen LogP contribution in [-0.2, 0) is 23.2 Å².